The average molecular weight is 327 g/mol. The van der Waals surface area contributed by atoms with Crippen LogP contribution in [0, 0.1) is 13.8 Å². The van der Waals surface area contributed by atoms with Gasteiger partial charge in [0.05, 0.1) is 21.8 Å². The SMILES string of the molecule is Cc1nn(C)c(C)c1CCC(O)Cc1ccc(Cl)c(Cl)c1. The first-order chi connectivity index (χ1) is 9.88. The van der Waals surface area contributed by atoms with Crippen LogP contribution in [0.1, 0.15) is 28.9 Å². The van der Waals surface area contributed by atoms with Gasteiger partial charge in [0.15, 0.2) is 0 Å². The number of benzene rings is 1. The molecule has 1 unspecified atom stereocenters. The van der Waals surface area contributed by atoms with E-state index in [0.717, 1.165) is 23.4 Å². The largest absolute Gasteiger partial charge is 0.393 e. The minimum atomic E-state index is -0.402. The van der Waals surface area contributed by atoms with E-state index in [9.17, 15) is 5.11 Å². The van der Waals surface area contributed by atoms with Gasteiger partial charge in [0.25, 0.3) is 0 Å². The normalized spacial score (nSPS) is 12.7. The number of rotatable bonds is 5. The number of hydrogen-bond donors (Lipinski definition) is 1. The lowest BCUT2D eigenvalue weighted by atomic mass is 10.0. The van der Waals surface area contributed by atoms with Crippen molar-refractivity contribution in [1.82, 2.24) is 9.78 Å². The first-order valence-corrected chi connectivity index (χ1v) is 7.75. The fourth-order valence-electron chi connectivity index (χ4n) is 2.53. The molecule has 0 saturated heterocycles. The fraction of sp³-hybridized carbons (Fsp3) is 0.438. The van der Waals surface area contributed by atoms with E-state index in [2.05, 4.69) is 12.0 Å². The monoisotopic (exact) mass is 326 g/mol. The smallest absolute Gasteiger partial charge is 0.0628 e. The van der Waals surface area contributed by atoms with Crippen LogP contribution in [0.2, 0.25) is 10.0 Å². The van der Waals surface area contributed by atoms with Crippen LogP contribution < -0.4 is 0 Å². The highest BCUT2D eigenvalue weighted by Gasteiger charge is 2.13. The molecule has 114 valence electrons. The Morgan fingerprint density at radius 1 is 1.24 bits per heavy atom. The van der Waals surface area contributed by atoms with Crippen molar-refractivity contribution >= 4 is 23.2 Å². The molecule has 1 aromatic heterocycles. The molecule has 2 aromatic rings. The molecule has 1 heterocycles. The van der Waals surface area contributed by atoms with Gasteiger partial charge >= 0.3 is 0 Å². The number of halogens is 2. The van der Waals surface area contributed by atoms with Crippen molar-refractivity contribution in [2.24, 2.45) is 7.05 Å². The molecule has 0 fully saturated rings. The highest BCUT2D eigenvalue weighted by Crippen LogP contribution is 2.24. The van der Waals surface area contributed by atoms with Crippen LogP contribution in [0.3, 0.4) is 0 Å². The third kappa shape index (κ3) is 4.00. The summed E-state index contributed by atoms with van der Waals surface area (Å²) in [5, 5.41) is 15.7. The van der Waals surface area contributed by atoms with Gasteiger partial charge in [-0.25, -0.2) is 0 Å². The predicted molar refractivity (Wildman–Crippen MR) is 87.2 cm³/mol. The molecule has 0 amide bonds. The number of aliphatic hydroxyl groups is 1. The minimum Gasteiger partial charge on any atom is -0.393 e. The second-order valence-corrected chi connectivity index (χ2v) is 6.23. The predicted octanol–water partition coefficient (Wildman–Crippen LogP) is 3.88. The molecule has 0 spiro atoms. The third-order valence-electron chi connectivity index (χ3n) is 3.84. The van der Waals surface area contributed by atoms with Gasteiger partial charge in [0.2, 0.25) is 0 Å². The summed E-state index contributed by atoms with van der Waals surface area (Å²) < 4.78 is 1.88. The van der Waals surface area contributed by atoms with E-state index >= 15 is 0 Å². The highest BCUT2D eigenvalue weighted by atomic mass is 35.5. The Balaban J connectivity index is 1.95. The molecule has 0 aliphatic rings. The second kappa shape index (κ2) is 6.82. The van der Waals surface area contributed by atoms with Crippen LogP contribution in [0.4, 0.5) is 0 Å². The zero-order chi connectivity index (χ0) is 15.6. The van der Waals surface area contributed by atoms with Crippen LogP contribution in [0.25, 0.3) is 0 Å². The molecule has 0 aliphatic heterocycles. The minimum absolute atomic E-state index is 0.402. The van der Waals surface area contributed by atoms with Crippen molar-refractivity contribution < 1.29 is 5.11 Å². The lowest BCUT2D eigenvalue weighted by Gasteiger charge is -2.11. The first-order valence-electron chi connectivity index (χ1n) is 6.99. The summed E-state index contributed by atoms with van der Waals surface area (Å²) in [6.07, 6.45) is 1.71. The summed E-state index contributed by atoms with van der Waals surface area (Å²) >= 11 is 11.9. The Hall–Kier alpha value is -1.03. The zero-order valence-electron chi connectivity index (χ0n) is 12.5. The maximum atomic E-state index is 10.2. The van der Waals surface area contributed by atoms with Crippen LogP contribution in [0.15, 0.2) is 18.2 Å². The average Bonchev–Trinajstić information content (AvgIpc) is 2.66. The summed E-state index contributed by atoms with van der Waals surface area (Å²) in [6.45, 7) is 4.06. The van der Waals surface area contributed by atoms with Gasteiger partial charge < -0.3 is 5.11 Å². The van der Waals surface area contributed by atoms with E-state index in [1.165, 1.54) is 5.56 Å². The molecule has 1 atom stereocenters. The topological polar surface area (TPSA) is 38.0 Å². The van der Waals surface area contributed by atoms with Gasteiger partial charge in [-0.2, -0.15) is 5.10 Å². The quantitative estimate of drug-likeness (QED) is 0.905. The molecule has 0 bridgehead atoms. The van der Waals surface area contributed by atoms with Gasteiger partial charge in [0.1, 0.15) is 0 Å². The van der Waals surface area contributed by atoms with Crippen LogP contribution >= 0.6 is 23.2 Å². The fourth-order valence-corrected chi connectivity index (χ4v) is 2.85. The second-order valence-electron chi connectivity index (χ2n) is 5.42. The van der Waals surface area contributed by atoms with Crippen LogP contribution in [-0.2, 0) is 19.9 Å². The molecule has 21 heavy (non-hydrogen) atoms. The van der Waals surface area contributed by atoms with E-state index in [1.54, 1.807) is 6.07 Å². The third-order valence-corrected chi connectivity index (χ3v) is 4.58. The summed E-state index contributed by atoms with van der Waals surface area (Å²) in [5.41, 5.74) is 4.42. The summed E-state index contributed by atoms with van der Waals surface area (Å²) in [4.78, 5) is 0. The van der Waals surface area contributed by atoms with Crippen molar-refractivity contribution in [2.75, 3.05) is 0 Å². The molecular weight excluding hydrogens is 307 g/mol. The van der Waals surface area contributed by atoms with E-state index < -0.39 is 6.10 Å². The van der Waals surface area contributed by atoms with E-state index in [0.29, 0.717) is 22.9 Å². The highest BCUT2D eigenvalue weighted by molar-refractivity contribution is 6.42. The van der Waals surface area contributed by atoms with Gasteiger partial charge in [-0.05, 0) is 56.4 Å². The molecule has 1 N–H and O–H groups in total. The molecule has 0 aliphatic carbocycles. The van der Waals surface area contributed by atoms with Crippen molar-refractivity contribution in [3.63, 3.8) is 0 Å². The van der Waals surface area contributed by atoms with Gasteiger partial charge in [0, 0.05) is 12.7 Å². The van der Waals surface area contributed by atoms with E-state index in [-0.39, 0.29) is 0 Å². The van der Waals surface area contributed by atoms with Crippen LogP contribution in [0.5, 0.6) is 0 Å². The zero-order valence-corrected chi connectivity index (χ0v) is 14.0. The number of aryl methyl sites for hydroxylation is 2. The number of hydrogen-bond acceptors (Lipinski definition) is 2. The standard InChI is InChI=1S/C16H20Cl2N2O/c1-10-14(11(2)20(3)19-10)6-5-13(21)8-12-4-7-15(17)16(18)9-12/h4,7,9,13,21H,5-6,8H2,1-3H3. The van der Waals surface area contributed by atoms with Gasteiger partial charge in [-0.15, -0.1) is 0 Å². The molecular formula is C16H20Cl2N2O. The Morgan fingerprint density at radius 3 is 2.52 bits per heavy atom. The van der Waals surface area contributed by atoms with E-state index in [1.807, 2.05) is 30.8 Å². The van der Waals surface area contributed by atoms with Gasteiger partial charge in [-0.1, -0.05) is 29.3 Å². The Kier molecular flexibility index (Phi) is 5.31. The number of nitrogens with zero attached hydrogens (tertiary/aromatic N) is 2. The molecule has 3 nitrogen and oxygen atoms in total. The maximum Gasteiger partial charge on any atom is 0.0628 e. The first kappa shape index (κ1) is 16.3. The summed E-state index contributed by atoms with van der Waals surface area (Å²) in [5.74, 6) is 0. The molecule has 0 radical (unpaired) electrons. The summed E-state index contributed by atoms with van der Waals surface area (Å²) in [6, 6.07) is 5.48. The van der Waals surface area contributed by atoms with Crippen molar-refractivity contribution in [1.29, 1.82) is 0 Å². The van der Waals surface area contributed by atoms with Crippen molar-refractivity contribution in [2.45, 2.75) is 39.2 Å². The van der Waals surface area contributed by atoms with Gasteiger partial charge in [-0.3, -0.25) is 4.68 Å². The van der Waals surface area contributed by atoms with Crippen molar-refractivity contribution in [3.8, 4) is 0 Å². The number of aliphatic hydroxyl groups excluding tert-OH is 1. The molecule has 0 saturated carbocycles. The summed E-state index contributed by atoms with van der Waals surface area (Å²) in [7, 11) is 1.94. The Bertz CT molecular complexity index is 637. The van der Waals surface area contributed by atoms with Crippen molar-refractivity contribution in [3.05, 3.63) is 50.8 Å². The van der Waals surface area contributed by atoms with E-state index in [4.69, 9.17) is 23.2 Å². The number of aromatic nitrogens is 2. The maximum absolute atomic E-state index is 10.2. The lowest BCUT2D eigenvalue weighted by molar-refractivity contribution is 0.165. The Morgan fingerprint density at radius 2 is 1.95 bits per heavy atom. The Labute approximate surface area is 135 Å². The molecule has 1 aromatic carbocycles. The molecule has 5 heteroatoms. The lowest BCUT2D eigenvalue weighted by Crippen LogP contribution is -2.12. The van der Waals surface area contributed by atoms with Crippen LogP contribution in [-0.4, -0.2) is 21.0 Å². The molecule has 2 rings (SSSR count).